The summed E-state index contributed by atoms with van der Waals surface area (Å²) in [4.78, 5) is 0. The number of hydrogen-bond donors (Lipinski definition) is 0. The molecule has 0 aliphatic heterocycles. The van der Waals surface area contributed by atoms with E-state index in [0.29, 0.717) is 0 Å². The smallest absolute Gasteiger partial charge is 0.00506 e. The Morgan fingerprint density at radius 2 is 1.20 bits per heavy atom. The van der Waals surface area contributed by atoms with Crippen molar-refractivity contribution in [2.75, 3.05) is 0 Å². The molecule has 0 amide bonds. The summed E-state index contributed by atoms with van der Waals surface area (Å²) >= 11 is 0. The molecule has 0 nitrogen and oxygen atoms in total. The molecule has 0 bridgehead atoms. The molecule has 0 N–H and O–H groups in total. The fourth-order valence-corrected chi connectivity index (χ4v) is 0.714. The highest BCUT2D eigenvalue weighted by Gasteiger charge is 1.73. The lowest BCUT2D eigenvalue weighted by Gasteiger charge is -1.83. The zero-order valence-corrected chi connectivity index (χ0v) is 5.90. The monoisotopic (exact) mass is 131 g/mol. The SMILES string of the molecule is [CH]1/C=C\C=C\C/C=C\C=C\1. The lowest BCUT2D eigenvalue weighted by Crippen LogP contribution is -1.63. The van der Waals surface area contributed by atoms with Gasteiger partial charge in [0.1, 0.15) is 0 Å². The molecule has 1 radical (unpaired) electrons. The Morgan fingerprint density at radius 3 is 1.80 bits per heavy atom. The molecule has 1 rings (SSSR count). The molecule has 0 heterocycles. The first-order chi connectivity index (χ1) is 5.00. The molecule has 0 spiro atoms. The minimum atomic E-state index is 1.02. The van der Waals surface area contributed by atoms with E-state index in [-0.39, 0.29) is 0 Å². The summed E-state index contributed by atoms with van der Waals surface area (Å²) in [6.45, 7) is 0. The molecule has 0 aromatic carbocycles. The maximum absolute atomic E-state index is 2.12. The molecule has 1 aliphatic carbocycles. The second-order valence-corrected chi connectivity index (χ2v) is 2.05. The highest BCUT2D eigenvalue weighted by Crippen LogP contribution is 1.93. The fourth-order valence-electron chi connectivity index (χ4n) is 0.714. The minimum Gasteiger partial charge on any atom is -0.0808 e. The van der Waals surface area contributed by atoms with Crippen LogP contribution in [0.1, 0.15) is 6.42 Å². The Labute approximate surface area is 62.3 Å². The van der Waals surface area contributed by atoms with Crippen molar-refractivity contribution in [3.8, 4) is 0 Å². The van der Waals surface area contributed by atoms with Gasteiger partial charge in [0.25, 0.3) is 0 Å². The van der Waals surface area contributed by atoms with Crippen LogP contribution in [-0.4, -0.2) is 0 Å². The quantitative estimate of drug-likeness (QED) is 0.474. The normalized spacial score (nSPS) is 30.4. The third-order valence-corrected chi connectivity index (χ3v) is 1.21. The van der Waals surface area contributed by atoms with Crippen molar-refractivity contribution in [3.63, 3.8) is 0 Å². The van der Waals surface area contributed by atoms with Gasteiger partial charge in [-0.05, 0) is 6.42 Å². The summed E-state index contributed by atoms with van der Waals surface area (Å²) < 4.78 is 0. The molecule has 0 atom stereocenters. The zero-order valence-electron chi connectivity index (χ0n) is 5.90. The van der Waals surface area contributed by atoms with E-state index < -0.39 is 0 Å². The van der Waals surface area contributed by atoms with Crippen LogP contribution in [0, 0.1) is 6.42 Å². The van der Waals surface area contributed by atoms with Gasteiger partial charge in [-0.3, -0.25) is 0 Å². The van der Waals surface area contributed by atoms with Crippen LogP contribution in [0.4, 0.5) is 0 Å². The topological polar surface area (TPSA) is 0 Å². The van der Waals surface area contributed by atoms with Crippen molar-refractivity contribution in [3.05, 3.63) is 55.0 Å². The van der Waals surface area contributed by atoms with Crippen molar-refractivity contribution in [2.45, 2.75) is 6.42 Å². The van der Waals surface area contributed by atoms with E-state index in [1.54, 1.807) is 0 Å². The Balaban J connectivity index is 2.50. The summed E-state index contributed by atoms with van der Waals surface area (Å²) in [5.74, 6) is 0. The van der Waals surface area contributed by atoms with Crippen LogP contribution in [0.2, 0.25) is 0 Å². The molecule has 0 heteroatoms. The lowest BCUT2D eigenvalue weighted by atomic mass is 10.2. The summed E-state index contributed by atoms with van der Waals surface area (Å²) in [7, 11) is 0. The number of rotatable bonds is 0. The van der Waals surface area contributed by atoms with Gasteiger partial charge in [0.05, 0.1) is 0 Å². The Hall–Kier alpha value is -1.04. The largest absolute Gasteiger partial charge is 0.0808 e. The van der Waals surface area contributed by atoms with E-state index >= 15 is 0 Å². The maximum Gasteiger partial charge on any atom is 0.00506 e. The minimum absolute atomic E-state index is 1.02. The van der Waals surface area contributed by atoms with Crippen LogP contribution >= 0.6 is 0 Å². The van der Waals surface area contributed by atoms with E-state index in [1.807, 2.05) is 30.7 Å². The molecule has 0 saturated carbocycles. The lowest BCUT2D eigenvalue weighted by molar-refractivity contribution is 1.39. The van der Waals surface area contributed by atoms with Crippen molar-refractivity contribution in [2.24, 2.45) is 0 Å². The zero-order chi connectivity index (χ0) is 7.07. The van der Waals surface area contributed by atoms with Crippen molar-refractivity contribution in [1.82, 2.24) is 0 Å². The van der Waals surface area contributed by atoms with Crippen LogP contribution in [0.5, 0.6) is 0 Å². The third-order valence-electron chi connectivity index (χ3n) is 1.21. The first kappa shape index (κ1) is 7.07. The Kier molecular flexibility index (Phi) is 3.40. The first-order valence-corrected chi connectivity index (χ1v) is 3.48. The average Bonchev–Trinajstić information content (AvgIpc) is 2.01. The van der Waals surface area contributed by atoms with Gasteiger partial charge in [0, 0.05) is 6.42 Å². The summed E-state index contributed by atoms with van der Waals surface area (Å²) in [5.41, 5.74) is 0. The third kappa shape index (κ3) is 3.08. The highest BCUT2D eigenvalue weighted by molar-refractivity contribution is 5.19. The van der Waals surface area contributed by atoms with Gasteiger partial charge >= 0.3 is 0 Å². The molecule has 0 saturated heterocycles. The standard InChI is InChI=1S/C10H11/c1-2-4-6-8-10-9-7-5-3-1/h1-9H,10H2/b4-2-,5-3+,8-6+,9-7-. The predicted octanol–water partition coefficient (Wildman–Crippen LogP) is 2.82. The first-order valence-electron chi connectivity index (χ1n) is 3.48. The molecular formula is C10H11. The van der Waals surface area contributed by atoms with E-state index in [0.717, 1.165) is 6.42 Å². The average molecular weight is 131 g/mol. The molecule has 0 aromatic rings. The van der Waals surface area contributed by atoms with Crippen molar-refractivity contribution < 1.29 is 0 Å². The molecule has 1 aliphatic rings. The van der Waals surface area contributed by atoms with Gasteiger partial charge < -0.3 is 0 Å². The number of allylic oxidation sites excluding steroid dienone is 8. The fraction of sp³-hybridized carbons (Fsp3) is 0.100. The van der Waals surface area contributed by atoms with E-state index in [9.17, 15) is 0 Å². The van der Waals surface area contributed by atoms with Crippen LogP contribution in [0.25, 0.3) is 0 Å². The summed E-state index contributed by atoms with van der Waals surface area (Å²) in [6, 6.07) is 0. The maximum atomic E-state index is 2.12. The van der Waals surface area contributed by atoms with Gasteiger partial charge in [-0.1, -0.05) is 48.6 Å². The van der Waals surface area contributed by atoms with Crippen molar-refractivity contribution >= 4 is 0 Å². The van der Waals surface area contributed by atoms with Crippen LogP contribution in [-0.2, 0) is 0 Å². The number of hydrogen-bond acceptors (Lipinski definition) is 0. The molecular weight excluding hydrogens is 120 g/mol. The van der Waals surface area contributed by atoms with Gasteiger partial charge in [-0.2, -0.15) is 0 Å². The molecule has 0 fully saturated rings. The molecule has 0 unspecified atom stereocenters. The summed E-state index contributed by atoms with van der Waals surface area (Å²) in [5, 5.41) is 0. The van der Waals surface area contributed by atoms with E-state index in [4.69, 9.17) is 0 Å². The molecule has 10 heavy (non-hydrogen) atoms. The van der Waals surface area contributed by atoms with E-state index in [1.165, 1.54) is 0 Å². The molecule has 51 valence electrons. The second kappa shape index (κ2) is 4.80. The van der Waals surface area contributed by atoms with Crippen LogP contribution in [0.15, 0.2) is 48.6 Å². The second-order valence-electron chi connectivity index (χ2n) is 2.05. The Morgan fingerprint density at radius 1 is 0.600 bits per heavy atom. The van der Waals surface area contributed by atoms with Crippen LogP contribution < -0.4 is 0 Å². The highest BCUT2D eigenvalue weighted by atomic mass is 13.8. The van der Waals surface area contributed by atoms with Gasteiger partial charge in [0.15, 0.2) is 0 Å². The van der Waals surface area contributed by atoms with Gasteiger partial charge in [-0.15, -0.1) is 0 Å². The van der Waals surface area contributed by atoms with E-state index in [2.05, 4.69) is 24.3 Å². The van der Waals surface area contributed by atoms with Crippen molar-refractivity contribution in [1.29, 1.82) is 0 Å². The summed E-state index contributed by atoms with van der Waals surface area (Å²) in [6.07, 6.45) is 19.5. The van der Waals surface area contributed by atoms with Gasteiger partial charge in [-0.25, -0.2) is 0 Å². The Bertz CT molecular complexity index is 138. The van der Waals surface area contributed by atoms with Gasteiger partial charge in [0.2, 0.25) is 0 Å². The van der Waals surface area contributed by atoms with Crippen LogP contribution in [0.3, 0.4) is 0 Å². The predicted molar refractivity (Wildman–Crippen MR) is 45.5 cm³/mol. The molecule has 0 aromatic heterocycles.